The first kappa shape index (κ1) is 28.5. The second-order valence-electron chi connectivity index (χ2n) is 9.27. The van der Waals surface area contributed by atoms with Crippen LogP contribution in [0.25, 0.3) is 11.3 Å². The van der Waals surface area contributed by atoms with E-state index in [2.05, 4.69) is 20.6 Å². The molecule has 0 radical (unpaired) electrons. The lowest BCUT2D eigenvalue weighted by molar-refractivity contribution is -0.120. The third kappa shape index (κ3) is 9.83. The monoisotopic (exact) mass is 502 g/mol. The van der Waals surface area contributed by atoms with Crippen LogP contribution < -0.4 is 22.1 Å². The SMILES string of the molecule is Cc1cc(C)c(-c2cc(SCCC(=O)NCCNCCCN)nc(N)n2)cc1C(=O)OC(C)(C)C. The highest BCUT2D eigenvalue weighted by Gasteiger charge is 2.21. The van der Waals surface area contributed by atoms with Gasteiger partial charge in [-0.15, -0.1) is 11.8 Å². The zero-order valence-electron chi connectivity index (χ0n) is 21.4. The van der Waals surface area contributed by atoms with Gasteiger partial charge in [-0.2, -0.15) is 0 Å². The van der Waals surface area contributed by atoms with Crippen LogP contribution in [0.3, 0.4) is 0 Å². The molecule has 0 aliphatic carbocycles. The van der Waals surface area contributed by atoms with Crippen molar-refractivity contribution in [3.8, 4) is 11.3 Å². The summed E-state index contributed by atoms with van der Waals surface area (Å²) in [7, 11) is 0. The van der Waals surface area contributed by atoms with E-state index in [1.807, 2.05) is 46.8 Å². The number of hydrogen-bond acceptors (Lipinski definition) is 9. The third-order valence-electron chi connectivity index (χ3n) is 4.95. The number of ether oxygens (including phenoxy) is 1. The summed E-state index contributed by atoms with van der Waals surface area (Å²) >= 11 is 1.44. The second-order valence-corrected chi connectivity index (χ2v) is 10.4. The maximum atomic E-state index is 12.7. The number of nitrogens with zero attached hydrogens (tertiary/aromatic N) is 2. The maximum absolute atomic E-state index is 12.7. The number of nitrogens with one attached hydrogen (secondary N) is 2. The molecule has 2 rings (SSSR count). The number of anilines is 1. The van der Waals surface area contributed by atoms with E-state index in [-0.39, 0.29) is 17.8 Å². The Bertz CT molecular complexity index is 1020. The van der Waals surface area contributed by atoms with Gasteiger partial charge in [0.25, 0.3) is 0 Å². The van der Waals surface area contributed by atoms with Crippen LogP contribution in [0, 0.1) is 13.8 Å². The van der Waals surface area contributed by atoms with Crippen molar-refractivity contribution < 1.29 is 14.3 Å². The van der Waals surface area contributed by atoms with E-state index in [0.29, 0.717) is 48.1 Å². The van der Waals surface area contributed by atoms with Gasteiger partial charge in [0.05, 0.1) is 11.3 Å². The van der Waals surface area contributed by atoms with Crippen LogP contribution in [0.5, 0.6) is 0 Å². The van der Waals surface area contributed by atoms with Crippen LogP contribution in [-0.2, 0) is 9.53 Å². The van der Waals surface area contributed by atoms with Crippen molar-refractivity contribution in [2.24, 2.45) is 5.73 Å². The molecule has 0 aliphatic heterocycles. The van der Waals surface area contributed by atoms with Gasteiger partial charge in [0.1, 0.15) is 10.6 Å². The van der Waals surface area contributed by atoms with Gasteiger partial charge >= 0.3 is 5.97 Å². The number of nitrogen functional groups attached to an aromatic ring is 1. The Morgan fingerprint density at radius 2 is 1.80 bits per heavy atom. The van der Waals surface area contributed by atoms with Crippen LogP contribution in [0.4, 0.5) is 5.95 Å². The fourth-order valence-electron chi connectivity index (χ4n) is 3.31. The molecule has 0 spiro atoms. The summed E-state index contributed by atoms with van der Waals surface area (Å²) in [6.07, 6.45) is 1.28. The van der Waals surface area contributed by atoms with Crippen molar-refractivity contribution in [2.45, 2.75) is 58.1 Å². The van der Waals surface area contributed by atoms with Gasteiger partial charge in [-0.25, -0.2) is 14.8 Å². The molecule has 0 unspecified atom stereocenters. The molecule has 0 bridgehead atoms. The van der Waals surface area contributed by atoms with Crippen molar-refractivity contribution in [2.75, 3.05) is 37.7 Å². The predicted molar refractivity (Wildman–Crippen MR) is 141 cm³/mol. The summed E-state index contributed by atoms with van der Waals surface area (Å²) in [4.78, 5) is 33.5. The Morgan fingerprint density at radius 1 is 1.06 bits per heavy atom. The quantitative estimate of drug-likeness (QED) is 0.149. The molecule has 1 amide bonds. The first-order chi connectivity index (χ1) is 16.5. The molecule has 6 N–H and O–H groups in total. The molecule has 2 aromatic rings. The normalized spacial score (nSPS) is 11.4. The first-order valence-corrected chi connectivity index (χ1v) is 12.8. The topological polar surface area (TPSA) is 145 Å². The van der Waals surface area contributed by atoms with Gasteiger partial charge in [-0.3, -0.25) is 4.79 Å². The van der Waals surface area contributed by atoms with Gasteiger partial charge in [0.2, 0.25) is 11.9 Å². The molecular formula is C25H38N6O3S. The second kappa shape index (κ2) is 13.4. The third-order valence-corrected chi connectivity index (χ3v) is 5.86. The van der Waals surface area contributed by atoms with E-state index in [9.17, 15) is 9.59 Å². The Balaban J connectivity index is 2.05. The molecule has 0 atom stereocenters. The molecule has 9 nitrogen and oxygen atoms in total. The molecule has 1 heterocycles. The highest BCUT2D eigenvalue weighted by Crippen LogP contribution is 2.29. The summed E-state index contributed by atoms with van der Waals surface area (Å²) in [5.41, 5.74) is 14.5. The molecule has 192 valence electrons. The number of aromatic nitrogens is 2. The number of hydrogen-bond donors (Lipinski definition) is 4. The zero-order chi connectivity index (χ0) is 26.0. The Hall–Kier alpha value is -2.69. The van der Waals surface area contributed by atoms with E-state index < -0.39 is 5.60 Å². The maximum Gasteiger partial charge on any atom is 0.338 e. The lowest BCUT2D eigenvalue weighted by atomic mass is 9.97. The average Bonchev–Trinajstić information content (AvgIpc) is 2.74. The fraction of sp³-hybridized carbons (Fsp3) is 0.520. The van der Waals surface area contributed by atoms with Crippen molar-refractivity contribution in [1.29, 1.82) is 0 Å². The van der Waals surface area contributed by atoms with Gasteiger partial charge in [-0.1, -0.05) is 6.07 Å². The molecule has 0 fully saturated rings. The molecule has 1 aromatic heterocycles. The summed E-state index contributed by atoms with van der Waals surface area (Å²) in [6.45, 7) is 12.1. The Labute approximate surface area is 212 Å². The van der Waals surface area contributed by atoms with Gasteiger partial charge < -0.3 is 26.8 Å². The Kier molecular flexibility index (Phi) is 10.9. The highest BCUT2D eigenvalue weighted by atomic mass is 32.2. The van der Waals surface area contributed by atoms with E-state index in [0.717, 1.165) is 29.7 Å². The van der Waals surface area contributed by atoms with Crippen molar-refractivity contribution >= 4 is 29.6 Å². The summed E-state index contributed by atoms with van der Waals surface area (Å²) in [5.74, 6) is 0.292. The number of aryl methyl sites for hydroxylation is 2. The van der Waals surface area contributed by atoms with E-state index in [4.69, 9.17) is 16.2 Å². The summed E-state index contributed by atoms with van der Waals surface area (Å²) < 4.78 is 5.56. The van der Waals surface area contributed by atoms with Crippen LogP contribution in [-0.4, -0.2) is 59.4 Å². The van der Waals surface area contributed by atoms with Gasteiger partial charge in [-0.05, 0) is 77.4 Å². The minimum Gasteiger partial charge on any atom is -0.456 e. The minimum absolute atomic E-state index is 0.0169. The number of rotatable bonds is 12. The van der Waals surface area contributed by atoms with Crippen molar-refractivity contribution in [3.63, 3.8) is 0 Å². The van der Waals surface area contributed by atoms with Gasteiger partial charge in [0, 0.05) is 30.8 Å². The molecule has 35 heavy (non-hydrogen) atoms. The average molecular weight is 503 g/mol. The smallest absolute Gasteiger partial charge is 0.338 e. The number of esters is 1. The minimum atomic E-state index is -0.592. The lowest BCUT2D eigenvalue weighted by Gasteiger charge is -2.21. The van der Waals surface area contributed by atoms with Crippen molar-refractivity contribution in [1.82, 2.24) is 20.6 Å². The molecule has 10 heteroatoms. The number of carbonyl (C=O) groups is 2. The number of nitrogens with two attached hydrogens (primary N) is 2. The molecule has 0 saturated heterocycles. The predicted octanol–water partition coefficient (Wildman–Crippen LogP) is 2.83. The molecule has 1 aromatic carbocycles. The standard InChI is InChI=1S/C25H38N6O3S/c1-16-13-17(2)19(23(33)34-25(3,4)5)14-18(16)20-15-22(31-24(27)30-20)35-12-7-21(32)29-11-10-28-9-6-8-26/h13-15,28H,6-12,26H2,1-5H3,(H,29,32)(H2,27,30,31). The van der Waals surface area contributed by atoms with Gasteiger partial charge in [0.15, 0.2) is 0 Å². The van der Waals surface area contributed by atoms with Crippen LogP contribution in [0.15, 0.2) is 23.2 Å². The first-order valence-electron chi connectivity index (χ1n) is 11.8. The number of amides is 1. The zero-order valence-corrected chi connectivity index (χ0v) is 22.2. The summed E-state index contributed by atoms with van der Waals surface area (Å²) in [6, 6.07) is 5.57. The number of thioether (sulfide) groups is 1. The molecular weight excluding hydrogens is 464 g/mol. The number of benzene rings is 1. The van der Waals surface area contributed by atoms with Crippen LogP contribution in [0.2, 0.25) is 0 Å². The van der Waals surface area contributed by atoms with E-state index in [1.54, 1.807) is 6.07 Å². The van der Waals surface area contributed by atoms with Crippen molar-refractivity contribution in [3.05, 3.63) is 34.9 Å². The molecule has 0 aliphatic rings. The van der Waals surface area contributed by atoms with Crippen LogP contribution in [0.1, 0.15) is 55.1 Å². The summed E-state index contributed by atoms with van der Waals surface area (Å²) in [5, 5.41) is 6.78. The van der Waals surface area contributed by atoms with E-state index >= 15 is 0 Å². The number of carbonyl (C=O) groups excluding carboxylic acids is 2. The Morgan fingerprint density at radius 3 is 2.49 bits per heavy atom. The van der Waals surface area contributed by atoms with E-state index in [1.165, 1.54) is 11.8 Å². The highest BCUT2D eigenvalue weighted by molar-refractivity contribution is 7.99. The largest absolute Gasteiger partial charge is 0.456 e. The van der Waals surface area contributed by atoms with Crippen LogP contribution >= 0.6 is 11.8 Å². The molecule has 0 saturated carbocycles. The fourth-order valence-corrected chi connectivity index (χ4v) is 4.16. The lowest BCUT2D eigenvalue weighted by Crippen LogP contribution is -2.32.